The Hall–Kier alpha value is -2.69. The van der Waals surface area contributed by atoms with Crippen LogP contribution in [0.2, 0.25) is 0 Å². The van der Waals surface area contributed by atoms with Gasteiger partial charge in [0.1, 0.15) is 5.69 Å². The molecule has 0 bridgehead atoms. The van der Waals surface area contributed by atoms with Crippen LogP contribution in [0.5, 0.6) is 0 Å². The molecule has 0 radical (unpaired) electrons. The van der Waals surface area contributed by atoms with E-state index in [1.54, 1.807) is 6.07 Å². The van der Waals surface area contributed by atoms with Crippen molar-refractivity contribution < 1.29 is 9.59 Å². The third kappa shape index (κ3) is 3.94. The first-order valence-corrected chi connectivity index (χ1v) is 7.68. The van der Waals surface area contributed by atoms with Gasteiger partial charge in [-0.2, -0.15) is 0 Å². The average molecular weight is 309 g/mol. The Balaban J connectivity index is 1.75. The van der Waals surface area contributed by atoms with E-state index in [1.165, 1.54) is 12.3 Å². The van der Waals surface area contributed by atoms with E-state index in [9.17, 15) is 9.59 Å². The Morgan fingerprint density at radius 3 is 2.39 bits per heavy atom. The molecular formula is C18H19N3O2. The number of amides is 2. The van der Waals surface area contributed by atoms with Crippen molar-refractivity contribution in [3.05, 3.63) is 58.9 Å². The monoisotopic (exact) mass is 309 g/mol. The van der Waals surface area contributed by atoms with Crippen molar-refractivity contribution in [3.63, 3.8) is 0 Å². The van der Waals surface area contributed by atoms with E-state index in [-0.39, 0.29) is 23.6 Å². The van der Waals surface area contributed by atoms with Gasteiger partial charge >= 0.3 is 0 Å². The van der Waals surface area contributed by atoms with Crippen molar-refractivity contribution >= 4 is 17.5 Å². The third-order valence-corrected chi connectivity index (χ3v) is 3.65. The second-order valence-electron chi connectivity index (χ2n) is 6.01. The minimum atomic E-state index is -0.323. The number of carbonyl (C=O) groups is 2. The number of anilines is 1. The van der Waals surface area contributed by atoms with Crippen molar-refractivity contribution in [1.29, 1.82) is 0 Å². The molecule has 1 saturated carbocycles. The fraction of sp³-hybridized carbons (Fsp3) is 0.278. The summed E-state index contributed by atoms with van der Waals surface area (Å²) in [5, 5.41) is 5.73. The number of benzene rings is 1. The lowest BCUT2D eigenvalue weighted by atomic mass is 10.1. The largest absolute Gasteiger partial charge is 0.349 e. The molecule has 1 aromatic heterocycles. The van der Waals surface area contributed by atoms with Crippen molar-refractivity contribution in [2.75, 3.05) is 5.32 Å². The number of hydrogen-bond acceptors (Lipinski definition) is 3. The first-order chi connectivity index (χ1) is 11.0. The molecule has 1 aliphatic carbocycles. The standard InChI is InChI=1S/C18H19N3O2/c1-11-7-12(2)9-15(8-11)21-18(23)16-10-13(5-6-19-16)17(22)20-14-3-4-14/h5-10,14H,3-4H2,1-2H3,(H,20,22)(H,21,23). The molecule has 3 rings (SSSR count). The van der Waals surface area contributed by atoms with E-state index in [2.05, 4.69) is 15.6 Å². The van der Waals surface area contributed by atoms with E-state index < -0.39 is 0 Å². The molecular weight excluding hydrogens is 290 g/mol. The highest BCUT2D eigenvalue weighted by Crippen LogP contribution is 2.19. The Labute approximate surface area is 135 Å². The fourth-order valence-electron chi connectivity index (χ4n) is 2.43. The summed E-state index contributed by atoms with van der Waals surface area (Å²) in [4.78, 5) is 28.5. The van der Waals surface area contributed by atoms with Crippen LogP contribution in [-0.2, 0) is 0 Å². The highest BCUT2D eigenvalue weighted by atomic mass is 16.2. The molecule has 0 aliphatic heterocycles. The highest BCUT2D eigenvalue weighted by molar-refractivity contribution is 6.04. The quantitative estimate of drug-likeness (QED) is 0.912. The lowest BCUT2D eigenvalue weighted by Crippen LogP contribution is -2.26. The number of carbonyl (C=O) groups excluding carboxylic acids is 2. The van der Waals surface area contributed by atoms with Crippen molar-refractivity contribution in [2.45, 2.75) is 32.7 Å². The first-order valence-electron chi connectivity index (χ1n) is 7.68. The molecule has 1 aromatic carbocycles. The van der Waals surface area contributed by atoms with Crippen LogP contribution in [0.1, 0.15) is 44.8 Å². The Morgan fingerprint density at radius 2 is 1.74 bits per heavy atom. The predicted octanol–water partition coefficient (Wildman–Crippen LogP) is 2.84. The summed E-state index contributed by atoms with van der Waals surface area (Å²) < 4.78 is 0. The van der Waals surface area contributed by atoms with Gasteiger partial charge in [0.05, 0.1) is 0 Å². The molecule has 0 saturated heterocycles. The molecule has 23 heavy (non-hydrogen) atoms. The molecule has 5 nitrogen and oxygen atoms in total. The number of nitrogens with one attached hydrogen (secondary N) is 2. The lowest BCUT2D eigenvalue weighted by molar-refractivity contribution is 0.0951. The van der Waals surface area contributed by atoms with Gasteiger partial charge in [0.2, 0.25) is 0 Å². The van der Waals surface area contributed by atoms with Crippen LogP contribution < -0.4 is 10.6 Å². The molecule has 1 fully saturated rings. The van der Waals surface area contributed by atoms with Crippen molar-refractivity contribution in [2.24, 2.45) is 0 Å². The molecule has 0 atom stereocenters. The summed E-state index contributed by atoms with van der Waals surface area (Å²) in [5.74, 6) is -0.480. The number of aromatic nitrogens is 1. The smallest absolute Gasteiger partial charge is 0.274 e. The van der Waals surface area contributed by atoms with E-state index >= 15 is 0 Å². The zero-order chi connectivity index (χ0) is 16.4. The summed E-state index contributed by atoms with van der Waals surface area (Å²) in [5.41, 5.74) is 3.56. The topological polar surface area (TPSA) is 71.1 Å². The molecule has 5 heteroatoms. The van der Waals surface area contributed by atoms with Crippen LogP contribution in [-0.4, -0.2) is 22.8 Å². The fourth-order valence-corrected chi connectivity index (χ4v) is 2.43. The van der Waals surface area contributed by atoms with Crippen molar-refractivity contribution in [3.8, 4) is 0 Å². The van der Waals surface area contributed by atoms with Crippen LogP contribution in [0, 0.1) is 13.8 Å². The Morgan fingerprint density at radius 1 is 1.04 bits per heavy atom. The minimum Gasteiger partial charge on any atom is -0.349 e. The number of aryl methyl sites for hydroxylation is 2. The predicted molar refractivity (Wildman–Crippen MR) is 88.6 cm³/mol. The van der Waals surface area contributed by atoms with Gasteiger partial charge in [0.25, 0.3) is 11.8 Å². The van der Waals surface area contributed by atoms with Crippen LogP contribution in [0.3, 0.4) is 0 Å². The summed E-state index contributed by atoms with van der Waals surface area (Å²) in [6.45, 7) is 3.95. The number of hydrogen-bond donors (Lipinski definition) is 2. The van der Waals surface area contributed by atoms with Gasteiger partial charge in [-0.1, -0.05) is 6.07 Å². The lowest BCUT2D eigenvalue weighted by Gasteiger charge is -2.08. The molecule has 1 aliphatic rings. The normalized spacial score (nSPS) is 13.5. The van der Waals surface area contributed by atoms with Gasteiger partial charge in [-0.05, 0) is 62.1 Å². The average Bonchev–Trinajstić information content (AvgIpc) is 3.30. The zero-order valence-electron chi connectivity index (χ0n) is 13.2. The van der Waals surface area contributed by atoms with Crippen LogP contribution >= 0.6 is 0 Å². The maximum absolute atomic E-state index is 12.3. The number of rotatable bonds is 4. The molecule has 0 unspecified atom stereocenters. The van der Waals surface area contributed by atoms with Gasteiger partial charge in [-0.15, -0.1) is 0 Å². The maximum Gasteiger partial charge on any atom is 0.274 e. The van der Waals surface area contributed by atoms with Crippen LogP contribution in [0.25, 0.3) is 0 Å². The van der Waals surface area contributed by atoms with Gasteiger partial charge < -0.3 is 10.6 Å². The van der Waals surface area contributed by atoms with Gasteiger partial charge in [-0.25, -0.2) is 0 Å². The molecule has 0 spiro atoms. The number of pyridine rings is 1. The van der Waals surface area contributed by atoms with Gasteiger partial charge in [-0.3, -0.25) is 14.6 Å². The molecule has 2 amide bonds. The van der Waals surface area contributed by atoms with Crippen LogP contribution in [0.4, 0.5) is 5.69 Å². The summed E-state index contributed by atoms with van der Waals surface area (Å²) in [6, 6.07) is 9.25. The van der Waals surface area contributed by atoms with Crippen LogP contribution in [0.15, 0.2) is 36.5 Å². The molecule has 2 aromatic rings. The van der Waals surface area contributed by atoms with E-state index in [0.29, 0.717) is 5.56 Å². The first kappa shape index (κ1) is 15.2. The summed E-state index contributed by atoms with van der Waals surface area (Å²) in [6.07, 6.45) is 3.53. The molecule has 1 heterocycles. The zero-order valence-corrected chi connectivity index (χ0v) is 13.2. The van der Waals surface area contributed by atoms with E-state index in [0.717, 1.165) is 29.7 Å². The van der Waals surface area contributed by atoms with Crippen molar-refractivity contribution in [1.82, 2.24) is 10.3 Å². The summed E-state index contributed by atoms with van der Waals surface area (Å²) in [7, 11) is 0. The number of nitrogens with zero attached hydrogens (tertiary/aromatic N) is 1. The molecule has 2 N–H and O–H groups in total. The minimum absolute atomic E-state index is 0.157. The van der Waals surface area contributed by atoms with E-state index in [4.69, 9.17) is 0 Å². The highest BCUT2D eigenvalue weighted by Gasteiger charge is 2.24. The second kappa shape index (κ2) is 6.20. The van der Waals surface area contributed by atoms with E-state index in [1.807, 2.05) is 32.0 Å². The Bertz CT molecular complexity index is 746. The second-order valence-corrected chi connectivity index (χ2v) is 6.01. The maximum atomic E-state index is 12.3. The Kier molecular flexibility index (Phi) is 4.10. The summed E-state index contributed by atoms with van der Waals surface area (Å²) >= 11 is 0. The van der Waals surface area contributed by atoms with Gasteiger partial charge in [0, 0.05) is 23.5 Å². The van der Waals surface area contributed by atoms with Gasteiger partial charge in [0.15, 0.2) is 0 Å². The third-order valence-electron chi connectivity index (χ3n) is 3.65. The molecule has 118 valence electrons. The SMILES string of the molecule is Cc1cc(C)cc(NC(=O)c2cc(C(=O)NC3CC3)ccn2)c1.